The third-order valence-corrected chi connectivity index (χ3v) is 4.75. The van der Waals surface area contributed by atoms with Crippen molar-refractivity contribution in [3.63, 3.8) is 0 Å². The maximum Gasteiger partial charge on any atom is 0.321 e. The number of anilines is 1. The van der Waals surface area contributed by atoms with Crippen LogP contribution in [0, 0.1) is 0 Å². The first-order valence-electron chi connectivity index (χ1n) is 6.44. The summed E-state index contributed by atoms with van der Waals surface area (Å²) in [5.74, 6) is 0.0320. The van der Waals surface area contributed by atoms with Crippen molar-refractivity contribution in [3.05, 3.63) is 29.3 Å². The Balaban J connectivity index is 2.03. The molecule has 2 rings (SSSR count). The second-order valence-corrected chi connectivity index (χ2v) is 7.23. The lowest BCUT2D eigenvalue weighted by atomic mass is 10.1. The minimum Gasteiger partial charge on any atom is -0.394 e. The Morgan fingerprint density at radius 2 is 2.05 bits per heavy atom. The summed E-state index contributed by atoms with van der Waals surface area (Å²) in [6.45, 7) is -0.421. The molecule has 0 saturated carbocycles. The maximum atomic E-state index is 11.9. The van der Waals surface area contributed by atoms with Gasteiger partial charge in [-0.2, -0.15) is 0 Å². The van der Waals surface area contributed by atoms with E-state index in [4.69, 9.17) is 5.11 Å². The molecule has 21 heavy (non-hydrogen) atoms. The van der Waals surface area contributed by atoms with Gasteiger partial charge >= 0.3 is 6.03 Å². The monoisotopic (exact) mass is 314 g/mol. The molecule has 116 valence electrons. The van der Waals surface area contributed by atoms with Gasteiger partial charge in [-0.3, -0.25) is 0 Å². The van der Waals surface area contributed by atoms with Crippen molar-refractivity contribution in [3.8, 4) is 0 Å². The average molecular weight is 314 g/mol. The van der Waals surface area contributed by atoms with Crippen molar-refractivity contribution in [1.29, 1.82) is 0 Å². The number of likely N-dealkylation sites (N-methyl/N-ethyl adjacent to an activating group) is 1. The van der Waals surface area contributed by atoms with Crippen LogP contribution in [0.3, 0.4) is 0 Å². The van der Waals surface area contributed by atoms with E-state index < -0.39 is 28.6 Å². The Kier molecular flexibility index (Phi) is 4.50. The SMILES string of the molecule is CN(C[C@H](O)CO)C(=O)Nc1ccc2c(c1)CS(=O)(=O)C2. The van der Waals surface area contributed by atoms with Crippen LogP contribution in [0.15, 0.2) is 18.2 Å². The van der Waals surface area contributed by atoms with Gasteiger partial charge in [0.1, 0.15) is 0 Å². The molecule has 3 N–H and O–H groups in total. The molecule has 2 amide bonds. The van der Waals surface area contributed by atoms with E-state index in [1.165, 1.54) is 11.9 Å². The molecule has 1 atom stereocenters. The van der Waals surface area contributed by atoms with Gasteiger partial charge in [-0.25, -0.2) is 13.2 Å². The van der Waals surface area contributed by atoms with Gasteiger partial charge in [0.2, 0.25) is 0 Å². The number of carbonyl (C=O) groups excluding carboxylic acids is 1. The summed E-state index contributed by atoms with van der Waals surface area (Å²) in [5, 5.41) is 20.7. The van der Waals surface area contributed by atoms with E-state index in [0.29, 0.717) is 11.3 Å². The molecule has 1 aliphatic heterocycles. The van der Waals surface area contributed by atoms with E-state index in [-0.39, 0.29) is 18.1 Å². The molecule has 0 aliphatic carbocycles. The predicted molar refractivity (Wildman–Crippen MR) is 77.5 cm³/mol. The molecule has 0 saturated heterocycles. The van der Waals surface area contributed by atoms with Gasteiger partial charge in [0.05, 0.1) is 30.8 Å². The zero-order valence-corrected chi connectivity index (χ0v) is 12.4. The molecule has 1 heterocycles. The number of aliphatic hydroxyl groups excluding tert-OH is 2. The predicted octanol–water partition coefficient (Wildman–Crippen LogP) is -0.0681. The third kappa shape index (κ3) is 3.93. The van der Waals surface area contributed by atoms with E-state index in [1.807, 2.05) is 0 Å². The van der Waals surface area contributed by atoms with Gasteiger partial charge < -0.3 is 20.4 Å². The number of fused-ring (bicyclic) bond motifs is 1. The van der Waals surface area contributed by atoms with Crippen LogP contribution in [-0.2, 0) is 21.3 Å². The molecule has 1 aliphatic rings. The highest BCUT2D eigenvalue weighted by Gasteiger charge is 2.24. The quantitative estimate of drug-likeness (QED) is 0.721. The van der Waals surface area contributed by atoms with Crippen LogP contribution >= 0.6 is 0 Å². The fourth-order valence-corrected chi connectivity index (χ4v) is 3.78. The smallest absolute Gasteiger partial charge is 0.321 e. The van der Waals surface area contributed by atoms with Crippen molar-refractivity contribution in [2.75, 3.05) is 25.5 Å². The highest BCUT2D eigenvalue weighted by molar-refractivity contribution is 7.90. The van der Waals surface area contributed by atoms with Crippen molar-refractivity contribution < 1.29 is 23.4 Å². The summed E-state index contributed by atoms with van der Waals surface area (Å²) < 4.78 is 23.1. The lowest BCUT2D eigenvalue weighted by Crippen LogP contribution is -2.38. The van der Waals surface area contributed by atoms with Gasteiger partial charge in [0, 0.05) is 12.7 Å². The van der Waals surface area contributed by atoms with E-state index in [9.17, 15) is 18.3 Å². The van der Waals surface area contributed by atoms with Gasteiger partial charge in [-0.15, -0.1) is 0 Å². The summed E-state index contributed by atoms with van der Waals surface area (Å²) in [6.07, 6.45) is -0.995. The first kappa shape index (κ1) is 15.7. The minimum absolute atomic E-state index is 0.00164. The fourth-order valence-electron chi connectivity index (χ4n) is 2.18. The van der Waals surface area contributed by atoms with Gasteiger partial charge in [-0.1, -0.05) is 6.07 Å². The Morgan fingerprint density at radius 1 is 1.38 bits per heavy atom. The number of urea groups is 1. The van der Waals surface area contributed by atoms with Gasteiger partial charge in [-0.05, 0) is 23.3 Å². The number of benzene rings is 1. The standard InChI is InChI=1S/C13H18N2O5S/c1-15(5-12(17)6-16)13(18)14-11-3-2-9-7-21(19,20)8-10(9)4-11/h2-4,12,16-17H,5-8H2,1H3,(H,14,18)/t12-/m0/s1. The van der Waals surface area contributed by atoms with Crippen molar-refractivity contribution in [2.45, 2.75) is 17.6 Å². The normalized spacial score (nSPS) is 17.1. The first-order valence-corrected chi connectivity index (χ1v) is 8.26. The number of amides is 2. The molecular formula is C13H18N2O5S. The summed E-state index contributed by atoms with van der Waals surface area (Å²) in [7, 11) is -1.58. The van der Waals surface area contributed by atoms with Crippen LogP contribution in [0.2, 0.25) is 0 Å². The Hall–Kier alpha value is -1.64. The Morgan fingerprint density at radius 3 is 2.71 bits per heavy atom. The molecule has 1 aromatic carbocycles. The number of hydrogen-bond acceptors (Lipinski definition) is 5. The van der Waals surface area contributed by atoms with Crippen LogP contribution < -0.4 is 5.32 Å². The largest absolute Gasteiger partial charge is 0.394 e. The molecule has 0 spiro atoms. The number of sulfone groups is 1. The Bertz CT molecular complexity index is 644. The van der Waals surface area contributed by atoms with Crippen LogP contribution in [0.4, 0.5) is 10.5 Å². The van der Waals surface area contributed by atoms with Crippen molar-refractivity contribution >= 4 is 21.6 Å². The average Bonchev–Trinajstić information content (AvgIpc) is 2.71. The van der Waals surface area contributed by atoms with Crippen LogP contribution in [-0.4, -0.2) is 55.9 Å². The second kappa shape index (κ2) is 6.00. The van der Waals surface area contributed by atoms with Crippen molar-refractivity contribution in [2.24, 2.45) is 0 Å². The number of rotatable bonds is 4. The van der Waals surface area contributed by atoms with E-state index in [0.717, 1.165) is 5.56 Å². The molecule has 0 bridgehead atoms. The molecule has 0 radical (unpaired) electrons. The molecule has 0 aromatic heterocycles. The molecule has 8 heteroatoms. The third-order valence-electron chi connectivity index (χ3n) is 3.25. The zero-order chi connectivity index (χ0) is 15.6. The van der Waals surface area contributed by atoms with Gasteiger partial charge in [0.25, 0.3) is 0 Å². The maximum absolute atomic E-state index is 11.9. The highest BCUT2D eigenvalue weighted by atomic mass is 32.2. The summed E-state index contributed by atoms with van der Waals surface area (Å²) in [6, 6.07) is 4.54. The lowest BCUT2D eigenvalue weighted by Gasteiger charge is -2.20. The number of nitrogens with one attached hydrogen (secondary N) is 1. The highest BCUT2D eigenvalue weighted by Crippen LogP contribution is 2.27. The zero-order valence-electron chi connectivity index (χ0n) is 11.6. The Labute approximate surface area is 123 Å². The van der Waals surface area contributed by atoms with E-state index in [2.05, 4.69) is 5.32 Å². The number of carbonyl (C=O) groups is 1. The lowest BCUT2D eigenvalue weighted by molar-refractivity contribution is 0.0750. The second-order valence-electron chi connectivity index (χ2n) is 5.16. The van der Waals surface area contributed by atoms with Gasteiger partial charge in [0.15, 0.2) is 9.84 Å². The minimum atomic E-state index is -3.07. The molecule has 0 fully saturated rings. The van der Waals surface area contributed by atoms with E-state index >= 15 is 0 Å². The van der Waals surface area contributed by atoms with Crippen LogP contribution in [0.25, 0.3) is 0 Å². The summed E-state index contributed by atoms with van der Waals surface area (Å²) >= 11 is 0. The summed E-state index contributed by atoms with van der Waals surface area (Å²) in [4.78, 5) is 13.1. The van der Waals surface area contributed by atoms with Crippen LogP contribution in [0.1, 0.15) is 11.1 Å². The van der Waals surface area contributed by atoms with Crippen LogP contribution in [0.5, 0.6) is 0 Å². The molecule has 7 nitrogen and oxygen atoms in total. The number of aliphatic hydroxyl groups is 2. The molecular weight excluding hydrogens is 296 g/mol. The molecule has 1 aromatic rings. The first-order chi connectivity index (χ1) is 9.80. The van der Waals surface area contributed by atoms with Crippen molar-refractivity contribution in [1.82, 2.24) is 4.90 Å². The summed E-state index contributed by atoms with van der Waals surface area (Å²) in [5.41, 5.74) is 1.96. The molecule has 0 unspecified atom stereocenters. The van der Waals surface area contributed by atoms with E-state index in [1.54, 1.807) is 18.2 Å². The number of hydrogen-bond donors (Lipinski definition) is 3. The number of nitrogens with zero attached hydrogens (tertiary/aromatic N) is 1. The topological polar surface area (TPSA) is 107 Å². The fraction of sp³-hybridized carbons (Fsp3) is 0.462.